The first kappa shape index (κ1) is 16.0. The summed E-state index contributed by atoms with van der Waals surface area (Å²) in [6, 6.07) is 8.04. The summed E-state index contributed by atoms with van der Waals surface area (Å²) in [6.07, 6.45) is 3.62. The number of anilines is 1. The second kappa shape index (κ2) is 6.31. The zero-order valence-electron chi connectivity index (χ0n) is 13.5. The third-order valence-electron chi connectivity index (χ3n) is 4.84. The molecule has 0 amide bonds. The van der Waals surface area contributed by atoms with E-state index in [0.717, 1.165) is 42.1 Å². The predicted molar refractivity (Wildman–Crippen MR) is 93.7 cm³/mol. The number of nitrogens with one attached hydrogen (secondary N) is 1. The molecule has 1 aliphatic carbocycles. The molecule has 0 saturated carbocycles. The molecular formula is C18H21N3OS. The Hall–Kier alpha value is -1.90. The molecule has 1 heterocycles. The summed E-state index contributed by atoms with van der Waals surface area (Å²) in [7, 11) is 0. The maximum absolute atomic E-state index is 9.74. The van der Waals surface area contributed by atoms with E-state index in [1.165, 1.54) is 10.4 Å². The first-order chi connectivity index (χ1) is 11.1. The van der Waals surface area contributed by atoms with Gasteiger partial charge in [0.2, 0.25) is 0 Å². The first-order valence-electron chi connectivity index (χ1n) is 8.07. The summed E-state index contributed by atoms with van der Waals surface area (Å²) in [6.45, 7) is 4.27. The highest BCUT2D eigenvalue weighted by atomic mass is 32.1. The molecule has 4 nitrogen and oxygen atoms in total. The van der Waals surface area contributed by atoms with Crippen molar-refractivity contribution in [1.82, 2.24) is 4.98 Å². The van der Waals surface area contributed by atoms with Crippen molar-refractivity contribution in [3.63, 3.8) is 0 Å². The van der Waals surface area contributed by atoms with Gasteiger partial charge in [0.1, 0.15) is 0 Å². The Bertz CT molecular complexity index is 748. The Morgan fingerprint density at radius 1 is 1.35 bits per heavy atom. The number of fused-ring (bicyclic) bond motifs is 3. The molecule has 2 N–H and O–H groups in total. The summed E-state index contributed by atoms with van der Waals surface area (Å²) in [5.74, 6) is 0. The van der Waals surface area contributed by atoms with Gasteiger partial charge in [-0.05, 0) is 43.4 Å². The Morgan fingerprint density at radius 3 is 2.78 bits per heavy atom. The van der Waals surface area contributed by atoms with Gasteiger partial charge in [0.15, 0.2) is 5.13 Å². The van der Waals surface area contributed by atoms with Crippen LogP contribution in [0.15, 0.2) is 18.2 Å². The lowest BCUT2D eigenvalue weighted by Gasteiger charge is -2.30. The van der Waals surface area contributed by atoms with Gasteiger partial charge in [0.05, 0.1) is 29.5 Å². The maximum atomic E-state index is 9.74. The van der Waals surface area contributed by atoms with E-state index in [-0.39, 0.29) is 12.1 Å². The van der Waals surface area contributed by atoms with Crippen molar-refractivity contribution in [1.29, 1.82) is 5.26 Å². The third kappa shape index (κ3) is 2.85. The normalized spacial score (nSPS) is 13.1. The summed E-state index contributed by atoms with van der Waals surface area (Å²) in [5.41, 5.74) is 3.78. The monoisotopic (exact) mass is 327 g/mol. The number of nitrogens with zero attached hydrogens (tertiary/aromatic N) is 2. The van der Waals surface area contributed by atoms with Crippen molar-refractivity contribution in [2.45, 2.75) is 45.1 Å². The highest BCUT2D eigenvalue weighted by Gasteiger charge is 2.28. The molecule has 23 heavy (non-hydrogen) atoms. The lowest BCUT2D eigenvalue weighted by Crippen LogP contribution is -2.40. The zero-order valence-corrected chi connectivity index (χ0v) is 14.3. The molecule has 0 saturated heterocycles. The minimum atomic E-state index is -0.298. The number of aromatic nitrogens is 1. The number of hydrogen-bond donors (Lipinski definition) is 2. The molecule has 3 rings (SSSR count). The van der Waals surface area contributed by atoms with Crippen LogP contribution in [0, 0.1) is 11.3 Å². The van der Waals surface area contributed by atoms with E-state index in [2.05, 4.69) is 25.2 Å². The molecule has 0 atom stereocenters. The van der Waals surface area contributed by atoms with Crippen LogP contribution in [0.5, 0.6) is 0 Å². The Balaban J connectivity index is 1.95. The van der Waals surface area contributed by atoms with E-state index in [1.54, 1.807) is 11.3 Å². The number of nitriles is 1. The van der Waals surface area contributed by atoms with Gasteiger partial charge in [-0.2, -0.15) is 5.26 Å². The minimum absolute atomic E-state index is 0.104. The topological polar surface area (TPSA) is 68.9 Å². The summed E-state index contributed by atoms with van der Waals surface area (Å²) in [5, 5.41) is 23.1. The molecule has 0 unspecified atom stereocenters. The molecule has 0 aliphatic heterocycles. The average Bonchev–Trinajstić information content (AvgIpc) is 3.02. The van der Waals surface area contributed by atoms with Crippen LogP contribution in [0.1, 0.15) is 42.7 Å². The van der Waals surface area contributed by atoms with Crippen molar-refractivity contribution in [3.05, 3.63) is 34.2 Å². The van der Waals surface area contributed by atoms with E-state index in [0.29, 0.717) is 5.56 Å². The molecule has 1 aromatic carbocycles. The molecular weight excluding hydrogens is 306 g/mol. The summed E-state index contributed by atoms with van der Waals surface area (Å²) in [4.78, 5) is 6.07. The number of benzene rings is 1. The first-order valence-corrected chi connectivity index (χ1v) is 8.88. The minimum Gasteiger partial charge on any atom is -0.394 e. The number of aliphatic hydroxyl groups excluding tert-OH is 1. The SMILES string of the molecule is CCC(CC)(CO)Nc1nc2c(s1)CCc1cc(C#N)ccc1-2. The molecule has 2 aromatic rings. The Morgan fingerprint density at radius 2 is 2.13 bits per heavy atom. The Kier molecular flexibility index (Phi) is 4.38. The lowest BCUT2D eigenvalue weighted by atomic mass is 9.92. The van der Waals surface area contributed by atoms with Crippen LogP contribution in [-0.4, -0.2) is 22.2 Å². The van der Waals surface area contributed by atoms with Crippen LogP contribution in [0.25, 0.3) is 11.3 Å². The highest BCUT2D eigenvalue weighted by Crippen LogP contribution is 2.39. The summed E-state index contributed by atoms with van der Waals surface area (Å²) >= 11 is 1.68. The number of hydrogen-bond acceptors (Lipinski definition) is 5. The molecule has 120 valence electrons. The van der Waals surface area contributed by atoms with Crippen LogP contribution in [0.3, 0.4) is 0 Å². The smallest absolute Gasteiger partial charge is 0.184 e. The van der Waals surface area contributed by atoms with Gasteiger partial charge in [0, 0.05) is 10.4 Å². The van der Waals surface area contributed by atoms with Crippen molar-refractivity contribution < 1.29 is 5.11 Å². The number of aryl methyl sites for hydroxylation is 2. The fourth-order valence-corrected chi connectivity index (χ4v) is 4.15. The summed E-state index contributed by atoms with van der Waals surface area (Å²) < 4.78 is 0. The van der Waals surface area contributed by atoms with Gasteiger partial charge in [-0.1, -0.05) is 19.9 Å². The van der Waals surface area contributed by atoms with Crippen LogP contribution < -0.4 is 5.32 Å². The van der Waals surface area contributed by atoms with E-state index in [4.69, 9.17) is 10.2 Å². The molecule has 0 fully saturated rings. The van der Waals surface area contributed by atoms with Gasteiger partial charge in [-0.3, -0.25) is 0 Å². The largest absolute Gasteiger partial charge is 0.394 e. The second-order valence-electron chi connectivity index (χ2n) is 6.05. The lowest BCUT2D eigenvalue weighted by molar-refractivity contribution is 0.202. The fourth-order valence-electron chi connectivity index (χ4n) is 3.05. The van der Waals surface area contributed by atoms with Crippen LogP contribution in [0.4, 0.5) is 5.13 Å². The van der Waals surface area contributed by atoms with E-state index < -0.39 is 0 Å². The molecule has 0 radical (unpaired) electrons. The maximum Gasteiger partial charge on any atom is 0.184 e. The van der Waals surface area contributed by atoms with Crippen LogP contribution in [-0.2, 0) is 12.8 Å². The van der Waals surface area contributed by atoms with Gasteiger partial charge < -0.3 is 10.4 Å². The van der Waals surface area contributed by atoms with Crippen molar-refractivity contribution in [2.24, 2.45) is 0 Å². The Labute approximate surface area is 140 Å². The van der Waals surface area contributed by atoms with Crippen molar-refractivity contribution >= 4 is 16.5 Å². The fraction of sp³-hybridized carbons (Fsp3) is 0.444. The van der Waals surface area contributed by atoms with E-state index in [1.807, 2.05) is 18.2 Å². The standard InChI is InChI=1S/C18H21N3OS/c1-3-18(4-2,11-22)21-17-20-16-14-7-5-12(10-19)9-13(14)6-8-15(16)23-17/h5,7,9,22H,3-4,6,8,11H2,1-2H3,(H,20,21). The molecule has 0 bridgehead atoms. The number of thiazole rings is 1. The molecule has 1 aromatic heterocycles. The second-order valence-corrected chi connectivity index (χ2v) is 7.13. The third-order valence-corrected chi connectivity index (χ3v) is 5.87. The number of aliphatic hydroxyl groups is 1. The highest BCUT2D eigenvalue weighted by molar-refractivity contribution is 7.16. The van der Waals surface area contributed by atoms with Gasteiger partial charge in [-0.15, -0.1) is 11.3 Å². The van der Waals surface area contributed by atoms with Gasteiger partial charge >= 0.3 is 0 Å². The van der Waals surface area contributed by atoms with Crippen LogP contribution in [0.2, 0.25) is 0 Å². The molecule has 5 heteroatoms. The van der Waals surface area contributed by atoms with E-state index in [9.17, 15) is 5.11 Å². The van der Waals surface area contributed by atoms with Crippen molar-refractivity contribution in [2.75, 3.05) is 11.9 Å². The average molecular weight is 327 g/mol. The van der Waals surface area contributed by atoms with Gasteiger partial charge in [-0.25, -0.2) is 4.98 Å². The predicted octanol–water partition coefficient (Wildman–Crippen LogP) is 3.74. The molecule has 1 aliphatic rings. The quantitative estimate of drug-likeness (QED) is 0.877. The van der Waals surface area contributed by atoms with Gasteiger partial charge in [0.25, 0.3) is 0 Å². The van der Waals surface area contributed by atoms with Crippen LogP contribution >= 0.6 is 11.3 Å². The zero-order chi connectivity index (χ0) is 16.4. The number of rotatable bonds is 5. The molecule has 0 spiro atoms. The van der Waals surface area contributed by atoms with E-state index >= 15 is 0 Å². The van der Waals surface area contributed by atoms with Crippen molar-refractivity contribution in [3.8, 4) is 17.3 Å².